The maximum atomic E-state index is 12.6. The largest absolute Gasteiger partial charge is 0.336 e. The first-order valence-electron chi connectivity index (χ1n) is 7.65. The molecule has 0 aliphatic carbocycles. The Morgan fingerprint density at radius 2 is 2.27 bits per heavy atom. The zero-order valence-electron chi connectivity index (χ0n) is 13.4. The summed E-state index contributed by atoms with van der Waals surface area (Å²) in [5.74, 6) is 0.895. The van der Waals surface area contributed by atoms with E-state index in [1.165, 1.54) is 0 Å². The molecule has 3 heterocycles. The molecular formula is C15H23N5O2. The summed E-state index contributed by atoms with van der Waals surface area (Å²) in [4.78, 5) is 32.3. The lowest BCUT2D eigenvalue weighted by molar-refractivity contribution is -0.157. The molecule has 0 radical (unpaired) electrons. The average molecular weight is 305 g/mol. The van der Waals surface area contributed by atoms with Gasteiger partial charge in [-0.1, -0.05) is 13.8 Å². The Kier molecular flexibility index (Phi) is 3.68. The summed E-state index contributed by atoms with van der Waals surface area (Å²) in [6, 6.07) is -0.0296. The smallest absolute Gasteiger partial charge is 0.242 e. The highest BCUT2D eigenvalue weighted by Crippen LogP contribution is 2.47. The van der Waals surface area contributed by atoms with E-state index in [1.54, 1.807) is 11.1 Å². The van der Waals surface area contributed by atoms with Gasteiger partial charge in [0.25, 0.3) is 0 Å². The molecule has 2 amide bonds. The second-order valence-electron chi connectivity index (χ2n) is 6.80. The van der Waals surface area contributed by atoms with Crippen molar-refractivity contribution in [1.82, 2.24) is 24.7 Å². The Hall–Kier alpha value is -1.89. The van der Waals surface area contributed by atoms with Crippen LogP contribution in [0.5, 0.6) is 0 Å². The molecular weight excluding hydrogens is 282 g/mol. The van der Waals surface area contributed by atoms with Crippen molar-refractivity contribution in [1.29, 1.82) is 0 Å². The second kappa shape index (κ2) is 5.39. The fourth-order valence-corrected chi connectivity index (χ4v) is 3.36. The van der Waals surface area contributed by atoms with Crippen molar-refractivity contribution >= 4 is 11.8 Å². The fourth-order valence-electron chi connectivity index (χ4n) is 3.36. The van der Waals surface area contributed by atoms with E-state index in [1.807, 2.05) is 22.7 Å². The van der Waals surface area contributed by atoms with Crippen LogP contribution in [0.3, 0.4) is 0 Å². The van der Waals surface area contributed by atoms with Crippen molar-refractivity contribution in [3.63, 3.8) is 0 Å². The predicted octanol–water partition coefficient (Wildman–Crippen LogP) is -0.239. The summed E-state index contributed by atoms with van der Waals surface area (Å²) < 4.78 is 1.96. The van der Waals surface area contributed by atoms with Gasteiger partial charge in [0.05, 0.1) is 19.1 Å². The van der Waals surface area contributed by atoms with Gasteiger partial charge in [-0.05, 0) is 0 Å². The van der Waals surface area contributed by atoms with Crippen molar-refractivity contribution in [3.8, 4) is 0 Å². The van der Waals surface area contributed by atoms with Crippen LogP contribution < -0.4 is 5.32 Å². The number of imidazole rings is 1. The summed E-state index contributed by atoms with van der Waals surface area (Å²) in [6.45, 7) is 6.81. The van der Waals surface area contributed by atoms with Crippen LogP contribution in [0.25, 0.3) is 0 Å². The molecule has 2 aliphatic rings. The van der Waals surface area contributed by atoms with Crippen LogP contribution in [0.4, 0.5) is 0 Å². The van der Waals surface area contributed by atoms with E-state index in [9.17, 15) is 9.59 Å². The number of amides is 2. The maximum Gasteiger partial charge on any atom is 0.242 e. The van der Waals surface area contributed by atoms with E-state index >= 15 is 0 Å². The van der Waals surface area contributed by atoms with Crippen LogP contribution >= 0.6 is 0 Å². The first-order valence-corrected chi connectivity index (χ1v) is 7.65. The molecule has 2 saturated heterocycles. The topological polar surface area (TPSA) is 70.5 Å². The quantitative estimate of drug-likeness (QED) is 0.837. The zero-order chi connectivity index (χ0) is 15.9. The number of aromatic nitrogens is 2. The van der Waals surface area contributed by atoms with Gasteiger partial charge in [-0.3, -0.25) is 9.59 Å². The molecule has 2 fully saturated rings. The van der Waals surface area contributed by atoms with Gasteiger partial charge in [-0.25, -0.2) is 4.98 Å². The molecule has 1 atom stereocenters. The van der Waals surface area contributed by atoms with Crippen LogP contribution in [-0.4, -0.2) is 63.9 Å². The number of carbonyl (C=O) groups is 2. The van der Waals surface area contributed by atoms with Crippen molar-refractivity contribution in [2.24, 2.45) is 12.5 Å². The van der Waals surface area contributed by atoms with Crippen LogP contribution in [0.1, 0.15) is 25.7 Å². The highest BCUT2D eigenvalue weighted by atomic mass is 16.2. The average Bonchev–Trinajstić information content (AvgIpc) is 2.85. The van der Waals surface area contributed by atoms with Crippen molar-refractivity contribution < 1.29 is 9.59 Å². The van der Waals surface area contributed by atoms with Gasteiger partial charge in [0.2, 0.25) is 11.8 Å². The Balaban J connectivity index is 1.72. The number of nitrogens with zero attached hydrogens (tertiary/aromatic N) is 4. The number of rotatable bonds is 3. The third-order valence-electron chi connectivity index (χ3n) is 4.57. The highest BCUT2D eigenvalue weighted by Gasteiger charge is 2.50. The van der Waals surface area contributed by atoms with E-state index in [0.29, 0.717) is 19.6 Å². The molecule has 0 bridgehead atoms. The van der Waals surface area contributed by atoms with Gasteiger partial charge in [0.15, 0.2) is 0 Å². The van der Waals surface area contributed by atoms with Gasteiger partial charge in [-0.2, -0.15) is 0 Å². The minimum absolute atomic E-state index is 0.00222. The molecule has 1 N–H and O–H groups in total. The molecule has 7 heteroatoms. The molecule has 1 aromatic rings. The standard InChI is InChI=1S/C15H23N5O2/c1-15(2)10-20(13(15)14-17-5-6-18(14)3)12(22)9-19-7-4-16-8-11(19)21/h5-6,13,16H,4,7-10H2,1-3H3. The molecule has 0 aromatic carbocycles. The van der Waals surface area contributed by atoms with Crippen molar-refractivity contribution in [3.05, 3.63) is 18.2 Å². The van der Waals surface area contributed by atoms with Crippen LogP contribution in [0.15, 0.2) is 12.4 Å². The summed E-state index contributed by atoms with van der Waals surface area (Å²) in [6.07, 6.45) is 3.65. The third-order valence-corrected chi connectivity index (χ3v) is 4.57. The molecule has 3 rings (SSSR count). The van der Waals surface area contributed by atoms with Crippen LogP contribution in [0, 0.1) is 5.41 Å². The van der Waals surface area contributed by atoms with Gasteiger partial charge in [0.1, 0.15) is 5.82 Å². The van der Waals surface area contributed by atoms with Crippen LogP contribution in [-0.2, 0) is 16.6 Å². The van der Waals surface area contributed by atoms with Gasteiger partial charge >= 0.3 is 0 Å². The van der Waals surface area contributed by atoms with Crippen molar-refractivity contribution in [2.75, 3.05) is 32.7 Å². The molecule has 0 spiro atoms. The minimum Gasteiger partial charge on any atom is -0.336 e. The molecule has 7 nitrogen and oxygen atoms in total. The number of hydrogen-bond donors (Lipinski definition) is 1. The van der Waals surface area contributed by atoms with Gasteiger partial charge < -0.3 is 19.7 Å². The summed E-state index contributed by atoms with van der Waals surface area (Å²) >= 11 is 0. The first-order chi connectivity index (χ1) is 10.4. The van der Waals surface area contributed by atoms with E-state index in [4.69, 9.17) is 0 Å². The molecule has 2 aliphatic heterocycles. The lowest BCUT2D eigenvalue weighted by atomic mass is 9.74. The summed E-state index contributed by atoms with van der Waals surface area (Å²) in [5.41, 5.74) is 0.00222. The lowest BCUT2D eigenvalue weighted by Gasteiger charge is -2.54. The van der Waals surface area contributed by atoms with E-state index in [2.05, 4.69) is 24.1 Å². The van der Waals surface area contributed by atoms with E-state index < -0.39 is 0 Å². The molecule has 0 saturated carbocycles. The predicted molar refractivity (Wildman–Crippen MR) is 80.9 cm³/mol. The number of piperazine rings is 1. The third kappa shape index (κ3) is 2.49. The number of carbonyl (C=O) groups excluding carboxylic acids is 2. The molecule has 22 heavy (non-hydrogen) atoms. The minimum atomic E-state index is -0.0296. The number of likely N-dealkylation sites (tertiary alicyclic amines) is 1. The number of aryl methyl sites for hydroxylation is 1. The van der Waals surface area contributed by atoms with Gasteiger partial charge in [-0.15, -0.1) is 0 Å². The monoisotopic (exact) mass is 305 g/mol. The summed E-state index contributed by atoms with van der Waals surface area (Å²) in [5, 5.41) is 3.02. The van der Waals surface area contributed by atoms with Crippen molar-refractivity contribution in [2.45, 2.75) is 19.9 Å². The molecule has 120 valence electrons. The van der Waals surface area contributed by atoms with Gasteiger partial charge in [0, 0.05) is 44.5 Å². The Morgan fingerprint density at radius 3 is 2.86 bits per heavy atom. The normalized spacial score (nSPS) is 24.3. The Labute approximate surface area is 130 Å². The highest BCUT2D eigenvalue weighted by molar-refractivity contribution is 5.86. The SMILES string of the molecule is Cn1ccnc1C1N(C(=O)CN2CCNCC2=O)CC1(C)C. The fraction of sp³-hybridized carbons (Fsp3) is 0.667. The number of hydrogen-bond acceptors (Lipinski definition) is 4. The Morgan fingerprint density at radius 1 is 1.50 bits per heavy atom. The van der Waals surface area contributed by atoms with E-state index in [0.717, 1.165) is 12.4 Å². The lowest BCUT2D eigenvalue weighted by Crippen LogP contribution is -2.61. The number of nitrogens with one attached hydrogen (secondary N) is 1. The Bertz CT molecular complexity index is 595. The van der Waals surface area contributed by atoms with E-state index in [-0.39, 0.29) is 29.8 Å². The maximum absolute atomic E-state index is 12.6. The molecule has 1 aromatic heterocycles. The van der Waals surface area contributed by atoms with Crippen LogP contribution in [0.2, 0.25) is 0 Å². The first kappa shape index (κ1) is 15.0. The summed E-state index contributed by atoms with van der Waals surface area (Å²) in [7, 11) is 1.94. The second-order valence-corrected chi connectivity index (χ2v) is 6.80. The zero-order valence-corrected chi connectivity index (χ0v) is 13.4. The molecule has 1 unspecified atom stereocenters.